The van der Waals surface area contributed by atoms with Crippen LogP contribution < -0.4 is 11.1 Å². The lowest BCUT2D eigenvalue weighted by atomic mass is 9.86. The van der Waals surface area contributed by atoms with Gasteiger partial charge in [0, 0.05) is 23.3 Å². The second kappa shape index (κ2) is 8.01. The van der Waals surface area contributed by atoms with Gasteiger partial charge in [-0.25, -0.2) is 9.78 Å². The maximum absolute atomic E-state index is 13.2. The zero-order chi connectivity index (χ0) is 21.6. The van der Waals surface area contributed by atoms with Gasteiger partial charge in [-0.1, -0.05) is 0 Å². The molecule has 0 radical (unpaired) electrons. The minimum atomic E-state index is -1.02. The van der Waals surface area contributed by atoms with Gasteiger partial charge in [0.15, 0.2) is 5.13 Å². The molecule has 30 heavy (non-hydrogen) atoms. The number of amides is 2. The first-order chi connectivity index (χ1) is 14.2. The molecule has 0 aromatic carbocycles. The third-order valence-corrected chi connectivity index (χ3v) is 8.36. The number of carbonyl (C=O) groups excluding carboxylic acids is 2. The van der Waals surface area contributed by atoms with E-state index in [0.717, 1.165) is 12.8 Å². The normalized spacial score (nSPS) is 29.2. The fourth-order valence-electron chi connectivity index (χ4n) is 4.54. The number of thiazole rings is 1. The average molecular weight is 455 g/mol. The molecule has 3 aliphatic heterocycles. The lowest BCUT2D eigenvalue weighted by Crippen LogP contribution is -2.70. The molecular formula is C19H26N4O5S2. The zero-order valence-electron chi connectivity index (χ0n) is 16.9. The number of nitrogens with two attached hydrogens (primary N) is 1. The van der Waals surface area contributed by atoms with Crippen molar-refractivity contribution in [1.29, 1.82) is 0 Å². The zero-order valence-corrected chi connectivity index (χ0v) is 18.5. The number of aliphatic carboxylic acids is 1. The number of hydrogen-bond acceptors (Lipinski definition) is 8. The van der Waals surface area contributed by atoms with E-state index < -0.39 is 28.7 Å². The highest BCUT2D eigenvalue weighted by Crippen LogP contribution is 2.51. The van der Waals surface area contributed by atoms with Crippen molar-refractivity contribution < 1.29 is 24.2 Å². The fraction of sp³-hybridized carbons (Fsp3) is 0.684. The quantitative estimate of drug-likeness (QED) is 0.547. The third-order valence-electron chi connectivity index (χ3n) is 6.10. The number of hydrogen-bond donors (Lipinski definition) is 3. The van der Waals surface area contributed by atoms with Crippen LogP contribution >= 0.6 is 23.1 Å². The van der Waals surface area contributed by atoms with Crippen molar-refractivity contribution in [2.75, 3.05) is 18.9 Å². The Labute approximate surface area is 182 Å². The smallest absolute Gasteiger partial charge is 0.327 e. The summed E-state index contributed by atoms with van der Waals surface area (Å²) in [7, 11) is 0. The largest absolute Gasteiger partial charge is 0.480 e. The molecule has 2 amide bonds. The number of ether oxygens (including phenoxy) is 1. The molecule has 1 unspecified atom stereocenters. The van der Waals surface area contributed by atoms with Crippen molar-refractivity contribution in [3.63, 3.8) is 0 Å². The van der Waals surface area contributed by atoms with Crippen LogP contribution in [-0.4, -0.2) is 68.2 Å². The Balaban J connectivity index is 1.49. The molecule has 4 N–H and O–H groups in total. The van der Waals surface area contributed by atoms with Crippen molar-refractivity contribution in [2.24, 2.45) is 5.92 Å². The minimum Gasteiger partial charge on any atom is -0.480 e. The highest BCUT2D eigenvalue weighted by atomic mass is 32.2. The van der Waals surface area contributed by atoms with Crippen molar-refractivity contribution in [3.8, 4) is 0 Å². The van der Waals surface area contributed by atoms with Gasteiger partial charge in [0.05, 0.1) is 11.6 Å². The van der Waals surface area contributed by atoms with E-state index in [1.165, 1.54) is 28.0 Å². The topological polar surface area (TPSA) is 135 Å². The Hall–Kier alpha value is -1.85. The second-order valence-electron chi connectivity index (χ2n) is 8.54. The van der Waals surface area contributed by atoms with E-state index in [0.29, 0.717) is 36.4 Å². The summed E-state index contributed by atoms with van der Waals surface area (Å²) in [6.07, 6.45) is 2.38. The second-order valence-corrected chi connectivity index (χ2v) is 11.2. The Bertz CT molecular complexity index is 854. The number of rotatable bonds is 6. The predicted molar refractivity (Wildman–Crippen MR) is 113 cm³/mol. The van der Waals surface area contributed by atoms with Crippen LogP contribution in [0, 0.1) is 5.92 Å². The molecule has 1 aromatic heterocycles. The molecular weight excluding hydrogens is 428 g/mol. The summed E-state index contributed by atoms with van der Waals surface area (Å²) in [4.78, 5) is 43.3. The summed E-state index contributed by atoms with van der Waals surface area (Å²) < 4.78 is 4.79. The van der Waals surface area contributed by atoms with E-state index in [2.05, 4.69) is 10.3 Å². The monoisotopic (exact) mass is 454 g/mol. The Morgan fingerprint density at radius 1 is 1.43 bits per heavy atom. The molecule has 0 saturated carbocycles. The summed E-state index contributed by atoms with van der Waals surface area (Å²) in [6.45, 7) is 4.98. The number of aromatic nitrogens is 1. The highest BCUT2D eigenvalue weighted by molar-refractivity contribution is 8.01. The number of nitrogen functional groups attached to an aromatic ring is 1. The summed E-state index contributed by atoms with van der Waals surface area (Å²) in [5, 5.41) is 14.3. The first-order valence-corrected chi connectivity index (χ1v) is 11.8. The van der Waals surface area contributed by atoms with Crippen LogP contribution in [0.25, 0.3) is 0 Å². The van der Waals surface area contributed by atoms with Crippen LogP contribution in [0.1, 0.15) is 44.7 Å². The Kier molecular flexibility index (Phi) is 5.71. The van der Waals surface area contributed by atoms with Gasteiger partial charge in [-0.05, 0) is 39.0 Å². The number of nitrogens with zero attached hydrogens (tertiary/aromatic N) is 2. The van der Waals surface area contributed by atoms with Crippen molar-refractivity contribution in [3.05, 3.63) is 11.1 Å². The molecule has 0 bridgehead atoms. The van der Waals surface area contributed by atoms with E-state index in [1.807, 2.05) is 13.8 Å². The van der Waals surface area contributed by atoms with Gasteiger partial charge < -0.3 is 25.8 Å². The van der Waals surface area contributed by atoms with E-state index in [1.54, 1.807) is 5.38 Å². The van der Waals surface area contributed by atoms with Gasteiger partial charge in [-0.15, -0.1) is 23.1 Å². The van der Waals surface area contributed by atoms with Gasteiger partial charge in [-0.2, -0.15) is 0 Å². The molecule has 0 spiro atoms. The number of nitrogens with one attached hydrogen (secondary N) is 1. The van der Waals surface area contributed by atoms with Crippen molar-refractivity contribution in [1.82, 2.24) is 15.2 Å². The van der Waals surface area contributed by atoms with Crippen LogP contribution in [0.2, 0.25) is 0 Å². The van der Waals surface area contributed by atoms with Crippen LogP contribution in [0.3, 0.4) is 0 Å². The van der Waals surface area contributed by atoms with Gasteiger partial charge in [-0.3, -0.25) is 9.59 Å². The molecule has 1 aromatic rings. The summed E-state index contributed by atoms with van der Waals surface area (Å²) in [5.41, 5.74) is 6.41. The number of fused-ring (bicyclic) bond motifs is 1. The van der Waals surface area contributed by atoms with E-state index in [-0.39, 0.29) is 17.2 Å². The Morgan fingerprint density at radius 2 is 2.13 bits per heavy atom. The molecule has 11 heteroatoms. The molecule has 4 atom stereocenters. The lowest BCUT2D eigenvalue weighted by molar-refractivity contribution is -0.161. The first-order valence-electron chi connectivity index (χ1n) is 10.0. The third kappa shape index (κ3) is 3.78. The number of anilines is 1. The number of β-lactam (4-membered cyclic amide) rings is 1. The molecule has 164 valence electrons. The molecule has 3 saturated heterocycles. The Morgan fingerprint density at radius 3 is 2.73 bits per heavy atom. The van der Waals surface area contributed by atoms with E-state index in [9.17, 15) is 19.5 Å². The number of thioether (sulfide) groups is 1. The van der Waals surface area contributed by atoms with Crippen molar-refractivity contribution in [2.45, 2.75) is 61.2 Å². The average Bonchev–Trinajstić information content (AvgIpc) is 3.23. The fourth-order valence-corrected chi connectivity index (χ4v) is 6.78. The first kappa shape index (κ1) is 21.4. The minimum absolute atomic E-state index is 0.262. The molecule has 3 aliphatic rings. The predicted octanol–water partition coefficient (Wildman–Crippen LogP) is 1.26. The number of carbonyl (C=O) groups is 3. The number of carboxylic acids is 1. The summed E-state index contributed by atoms with van der Waals surface area (Å²) in [6, 6.07) is -1.62. The van der Waals surface area contributed by atoms with Crippen LogP contribution in [0.15, 0.2) is 5.38 Å². The standard InChI is InChI=1S/C19H26N4O5S2/c1-19(2)13(17(26)27)23-15(25)12(16(23)30-19)22-14(24)10(11-8-29-18(20)21-11)7-9-3-5-28-6-4-9/h8-10,12-13,16H,3-7H2,1-2H3,(H2,20,21)(H,22,24)(H,26,27)/t10?,12-,13+,16-/m1/s1. The van der Waals surface area contributed by atoms with E-state index in [4.69, 9.17) is 10.5 Å². The van der Waals surface area contributed by atoms with Gasteiger partial charge in [0.1, 0.15) is 17.5 Å². The maximum Gasteiger partial charge on any atom is 0.327 e. The molecule has 0 aliphatic carbocycles. The highest BCUT2D eigenvalue weighted by Gasteiger charge is 2.64. The SMILES string of the molecule is CC1(C)S[C@@H]2[C@H](NC(=O)C(CC3CCOCC3)c3csc(N)n3)C(=O)N2[C@H]1C(=O)O. The molecule has 9 nitrogen and oxygen atoms in total. The van der Waals surface area contributed by atoms with Crippen LogP contribution in [-0.2, 0) is 19.1 Å². The van der Waals surface area contributed by atoms with Crippen LogP contribution in [0.4, 0.5) is 5.13 Å². The van der Waals surface area contributed by atoms with E-state index >= 15 is 0 Å². The van der Waals surface area contributed by atoms with Gasteiger partial charge >= 0.3 is 5.97 Å². The van der Waals surface area contributed by atoms with Gasteiger partial charge in [0.25, 0.3) is 0 Å². The number of carboxylic acid groups (broad SMARTS) is 1. The molecule has 3 fully saturated rings. The summed E-state index contributed by atoms with van der Waals surface area (Å²) >= 11 is 2.70. The van der Waals surface area contributed by atoms with Crippen LogP contribution in [0.5, 0.6) is 0 Å². The van der Waals surface area contributed by atoms with Crippen molar-refractivity contribution >= 4 is 46.0 Å². The molecule has 4 rings (SSSR count). The molecule has 4 heterocycles. The lowest BCUT2D eigenvalue weighted by Gasteiger charge is -2.44. The van der Waals surface area contributed by atoms with Gasteiger partial charge in [0.2, 0.25) is 11.8 Å². The maximum atomic E-state index is 13.2. The summed E-state index contributed by atoms with van der Waals surface area (Å²) in [5.74, 6) is -1.80.